The maximum absolute atomic E-state index is 13.7. The molecule has 0 spiro atoms. The van der Waals surface area contributed by atoms with E-state index in [1.807, 2.05) is 18.2 Å². The number of ether oxygens (including phenoxy) is 2. The molecule has 0 bridgehead atoms. The average molecular weight is 417 g/mol. The van der Waals surface area contributed by atoms with Gasteiger partial charge in [-0.05, 0) is 43.5 Å². The Balaban J connectivity index is 1.89. The van der Waals surface area contributed by atoms with Gasteiger partial charge >= 0.3 is 0 Å². The van der Waals surface area contributed by atoms with Crippen LogP contribution in [0.15, 0.2) is 39.8 Å². The van der Waals surface area contributed by atoms with E-state index in [9.17, 15) is 4.39 Å². The molecule has 0 aromatic heterocycles. The molecule has 1 aliphatic carbocycles. The Hall–Kier alpha value is -2.23. The lowest BCUT2D eigenvalue weighted by Gasteiger charge is -2.12. The minimum atomic E-state index is -0.492. The number of aliphatic imine (C=N–C) groups is 1. The van der Waals surface area contributed by atoms with E-state index < -0.39 is 5.82 Å². The number of halogens is 2. The summed E-state index contributed by atoms with van der Waals surface area (Å²) >= 11 is 3.60. The number of fused-ring (bicyclic) bond motifs is 1. The van der Waals surface area contributed by atoms with Gasteiger partial charge in [-0.25, -0.2) is 4.39 Å². The van der Waals surface area contributed by atoms with E-state index in [-0.39, 0.29) is 5.56 Å². The standard InChI is InChI=1S/C20H18BrFN2O2/c1-25-8-2-7-24-18-5-3-16-19(6-4-17(21)20(16)18)26-15-10-13(12-23)9-14(22)11-15/h4,6,9-11H,2-3,5,7-8H2,1H3. The summed E-state index contributed by atoms with van der Waals surface area (Å²) in [4.78, 5) is 4.70. The molecular weight excluding hydrogens is 399 g/mol. The molecule has 0 unspecified atom stereocenters. The van der Waals surface area contributed by atoms with Crippen LogP contribution < -0.4 is 4.74 Å². The van der Waals surface area contributed by atoms with Crippen LogP contribution in [0.3, 0.4) is 0 Å². The molecule has 0 fully saturated rings. The normalized spacial score (nSPS) is 14.3. The van der Waals surface area contributed by atoms with Crippen molar-refractivity contribution in [3.05, 3.63) is 57.3 Å². The monoisotopic (exact) mass is 416 g/mol. The van der Waals surface area contributed by atoms with Gasteiger partial charge in [0.15, 0.2) is 0 Å². The van der Waals surface area contributed by atoms with Crippen molar-refractivity contribution >= 4 is 21.6 Å². The van der Waals surface area contributed by atoms with Crippen LogP contribution in [0.4, 0.5) is 4.39 Å². The van der Waals surface area contributed by atoms with Crippen molar-refractivity contribution in [2.24, 2.45) is 4.99 Å². The number of hydrogen-bond acceptors (Lipinski definition) is 4. The zero-order valence-corrected chi connectivity index (χ0v) is 16.0. The first-order chi connectivity index (χ1) is 12.6. The highest BCUT2D eigenvalue weighted by atomic mass is 79.9. The van der Waals surface area contributed by atoms with Crippen LogP contribution in [0.1, 0.15) is 29.5 Å². The van der Waals surface area contributed by atoms with Gasteiger partial charge in [0.25, 0.3) is 0 Å². The zero-order valence-electron chi connectivity index (χ0n) is 14.4. The van der Waals surface area contributed by atoms with E-state index in [4.69, 9.17) is 19.7 Å². The first-order valence-electron chi connectivity index (χ1n) is 8.35. The molecule has 0 radical (unpaired) electrons. The lowest BCUT2D eigenvalue weighted by molar-refractivity contribution is 0.197. The lowest BCUT2D eigenvalue weighted by Crippen LogP contribution is -2.00. The molecule has 2 aromatic carbocycles. The Kier molecular flexibility index (Phi) is 6.02. The second-order valence-electron chi connectivity index (χ2n) is 5.96. The molecule has 2 aromatic rings. The van der Waals surface area contributed by atoms with Gasteiger partial charge in [0.1, 0.15) is 17.3 Å². The van der Waals surface area contributed by atoms with Crippen molar-refractivity contribution < 1.29 is 13.9 Å². The first-order valence-corrected chi connectivity index (χ1v) is 9.14. The summed E-state index contributed by atoms with van der Waals surface area (Å²) in [5, 5.41) is 9.00. The number of hydrogen-bond donors (Lipinski definition) is 0. The maximum Gasteiger partial charge on any atom is 0.131 e. The van der Waals surface area contributed by atoms with Gasteiger partial charge in [0, 0.05) is 47.6 Å². The van der Waals surface area contributed by atoms with Crippen LogP contribution in [0, 0.1) is 17.1 Å². The Morgan fingerprint density at radius 3 is 2.88 bits per heavy atom. The highest BCUT2D eigenvalue weighted by molar-refractivity contribution is 9.10. The largest absolute Gasteiger partial charge is 0.457 e. The van der Waals surface area contributed by atoms with Crippen molar-refractivity contribution in [2.75, 3.05) is 20.3 Å². The Morgan fingerprint density at radius 2 is 2.12 bits per heavy atom. The molecule has 26 heavy (non-hydrogen) atoms. The lowest BCUT2D eigenvalue weighted by atomic mass is 10.1. The Morgan fingerprint density at radius 1 is 1.27 bits per heavy atom. The summed E-state index contributed by atoms with van der Waals surface area (Å²) in [6, 6.07) is 9.71. The summed E-state index contributed by atoms with van der Waals surface area (Å²) in [6.07, 6.45) is 2.53. The number of nitrogens with zero attached hydrogens (tertiary/aromatic N) is 2. The van der Waals surface area contributed by atoms with Crippen molar-refractivity contribution in [1.82, 2.24) is 0 Å². The fraction of sp³-hybridized carbons (Fsp3) is 0.300. The van der Waals surface area contributed by atoms with E-state index >= 15 is 0 Å². The molecule has 134 valence electrons. The Bertz CT molecular complexity index is 890. The van der Waals surface area contributed by atoms with E-state index in [1.54, 1.807) is 7.11 Å². The van der Waals surface area contributed by atoms with Gasteiger partial charge in [0.05, 0.1) is 11.6 Å². The quantitative estimate of drug-likeness (QED) is 0.620. The van der Waals surface area contributed by atoms with E-state index in [0.29, 0.717) is 18.1 Å². The first kappa shape index (κ1) is 18.6. The summed E-state index contributed by atoms with van der Waals surface area (Å²) in [5.41, 5.74) is 3.38. The van der Waals surface area contributed by atoms with Crippen molar-refractivity contribution in [2.45, 2.75) is 19.3 Å². The third kappa shape index (κ3) is 4.12. The predicted octanol–water partition coefficient (Wildman–Crippen LogP) is 5.02. The van der Waals surface area contributed by atoms with Crippen LogP contribution in [0.5, 0.6) is 11.5 Å². The van der Waals surface area contributed by atoms with E-state index in [2.05, 4.69) is 15.9 Å². The topological polar surface area (TPSA) is 54.6 Å². The number of methoxy groups -OCH3 is 1. The van der Waals surface area contributed by atoms with Crippen LogP contribution in [-0.4, -0.2) is 26.0 Å². The van der Waals surface area contributed by atoms with Crippen LogP contribution >= 0.6 is 15.9 Å². The number of nitriles is 1. The maximum atomic E-state index is 13.7. The van der Waals surface area contributed by atoms with Gasteiger partial charge in [-0.15, -0.1) is 0 Å². The van der Waals surface area contributed by atoms with Crippen LogP contribution in [-0.2, 0) is 11.2 Å². The molecule has 6 heteroatoms. The van der Waals surface area contributed by atoms with Crippen molar-refractivity contribution in [3.8, 4) is 17.6 Å². The molecule has 0 amide bonds. The minimum Gasteiger partial charge on any atom is -0.457 e. The molecule has 0 aliphatic heterocycles. The predicted molar refractivity (Wildman–Crippen MR) is 102 cm³/mol. The molecule has 0 saturated heterocycles. The summed E-state index contributed by atoms with van der Waals surface area (Å²) in [6.45, 7) is 1.41. The van der Waals surface area contributed by atoms with Gasteiger partial charge in [-0.1, -0.05) is 15.9 Å². The van der Waals surface area contributed by atoms with Crippen molar-refractivity contribution in [3.63, 3.8) is 0 Å². The van der Waals surface area contributed by atoms with E-state index in [1.165, 1.54) is 18.2 Å². The van der Waals surface area contributed by atoms with E-state index in [0.717, 1.165) is 47.1 Å². The minimum absolute atomic E-state index is 0.231. The van der Waals surface area contributed by atoms with Crippen molar-refractivity contribution in [1.29, 1.82) is 5.26 Å². The molecule has 4 nitrogen and oxygen atoms in total. The molecule has 1 aliphatic rings. The summed E-state index contributed by atoms with van der Waals surface area (Å²) in [5.74, 6) is 0.490. The fourth-order valence-corrected chi connectivity index (χ4v) is 3.62. The molecule has 0 heterocycles. The van der Waals surface area contributed by atoms with Crippen LogP contribution in [0.2, 0.25) is 0 Å². The van der Waals surface area contributed by atoms with Crippen LogP contribution in [0.25, 0.3) is 0 Å². The van der Waals surface area contributed by atoms with Gasteiger partial charge in [-0.2, -0.15) is 5.26 Å². The SMILES string of the molecule is COCCCN=C1CCc2c(Oc3cc(F)cc(C#N)c3)ccc(Br)c21. The summed E-state index contributed by atoms with van der Waals surface area (Å²) < 4.78 is 25.6. The molecule has 0 atom stereocenters. The molecule has 3 rings (SSSR count). The highest BCUT2D eigenvalue weighted by Gasteiger charge is 2.24. The average Bonchev–Trinajstić information content (AvgIpc) is 3.06. The smallest absolute Gasteiger partial charge is 0.131 e. The van der Waals surface area contributed by atoms with Gasteiger partial charge < -0.3 is 9.47 Å². The molecular formula is C20H18BrFN2O2. The van der Waals surface area contributed by atoms with Gasteiger partial charge in [-0.3, -0.25) is 4.99 Å². The van der Waals surface area contributed by atoms with Gasteiger partial charge in [0.2, 0.25) is 0 Å². The zero-order chi connectivity index (χ0) is 18.5. The molecule has 0 saturated carbocycles. The summed E-state index contributed by atoms with van der Waals surface area (Å²) in [7, 11) is 1.68. The highest BCUT2D eigenvalue weighted by Crippen LogP contribution is 2.38. The second-order valence-corrected chi connectivity index (χ2v) is 6.82. The third-order valence-electron chi connectivity index (χ3n) is 4.16. The fourth-order valence-electron chi connectivity index (χ4n) is 3.02. The second kappa shape index (κ2) is 8.43. The number of rotatable bonds is 6. The number of benzene rings is 2. The third-order valence-corrected chi connectivity index (χ3v) is 4.82. The Labute approximate surface area is 160 Å². The molecule has 0 N–H and O–H groups in total.